The van der Waals surface area contributed by atoms with E-state index in [1.807, 2.05) is 0 Å². The summed E-state index contributed by atoms with van der Waals surface area (Å²) in [6.07, 6.45) is 1.03. The zero-order valence-electron chi connectivity index (χ0n) is 10.1. The van der Waals surface area contributed by atoms with Crippen LogP contribution in [0.25, 0.3) is 0 Å². The van der Waals surface area contributed by atoms with Gasteiger partial charge in [-0.3, -0.25) is 0 Å². The number of ether oxygens (including phenoxy) is 1. The van der Waals surface area contributed by atoms with Gasteiger partial charge in [0.25, 0.3) is 0 Å². The molecule has 1 N–H and O–H groups in total. The maximum Gasteiger partial charge on any atom is 0.0613 e. The first-order valence-electron chi connectivity index (χ1n) is 5.21. The topological polar surface area (TPSA) is 21.3 Å². The van der Waals surface area contributed by atoms with E-state index in [4.69, 9.17) is 16.3 Å². The Morgan fingerprint density at radius 3 is 2.36 bits per heavy atom. The quantitative estimate of drug-likeness (QED) is 0.697. The minimum Gasteiger partial charge on any atom is -0.383 e. The standard InChI is InChI=1S/C11H24ClNO/c1-9(8-14-5)13-7-10(12)6-11(2,3)4/h9-10,13H,6-8H2,1-5H3. The average Bonchev–Trinajstić information content (AvgIpc) is 1.98. The van der Waals surface area contributed by atoms with Crippen LogP contribution in [0.2, 0.25) is 0 Å². The molecule has 0 fully saturated rings. The lowest BCUT2D eigenvalue weighted by Crippen LogP contribution is -2.35. The summed E-state index contributed by atoms with van der Waals surface area (Å²) in [7, 11) is 1.71. The second-order valence-corrected chi connectivity index (χ2v) is 5.74. The van der Waals surface area contributed by atoms with E-state index < -0.39 is 0 Å². The third-order valence-corrected chi connectivity index (χ3v) is 2.25. The molecule has 2 atom stereocenters. The lowest BCUT2D eigenvalue weighted by molar-refractivity contribution is 0.171. The van der Waals surface area contributed by atoms with Crippen LogP contribution in [0, 0.1) is 5.41 Å². The molecule has 86 valence electrons. The summed E-state index contributed by atoms with van der Waals surface area (Å²) >= 11 is 6.21. The second kappa shape index (κ2) is 6.65. The number of methoxy groups -OCH3 is 1. The molecule has 0 aromatic rings. The van der Waals surface area contributed by atoms with Crippen molar-refractivity contribution in [3.63, 3.8) is 0 Å². The van der Waals surface area contributed by atoms with Gasteiger partial charge in [0.2, 0.25) is 0 Å². The highest BCUT2D eigenvalue weighted by Crippen LogP contribution is 2.23. The molecule has 3 heteroatoms. The monoisotopic (exact) mass is 221 g/mol. The molecule has 2 nitrogen and oxygen atoms in total. The van der Waals surface area contributed by atoms with Crippen LogP contribution < -0.4 is 5.32 Å². The molecule has 0 amide bonds. The first kappa shape index (κ1) is 14.2. The van der Waals surface area contributed by atoms with Gasteiger partial charge in [0.15, 0.2) is 0 Å². The Bertz CT molecular complexity index is 145. The van der Waals surface area contributed by atoms with Crippen LogP contribution in [0.15, 0.2) is 0 Å². The van der Waals surface area contributed by atoms with Crippen molar-refractivity contribution in [2.75, 3.05) is 20.3 Å². The van der Waals surface area contributed by atoms with E-state index in [1.54, 1.807) is 7.11 Å². The highest BCUT2D eigenvalue weighted by Gasteiger charge is 2.16. The van der Waals surface area contributed by atoms with Gasteiger partial charge < -0.3 is 10.1 Å². The van der Waals surface area contributed by atoms with E-state index >= 15 is 0 Å². The van der Waals surface area contributed by atoms with E-state index in [0.29, 0.717) is 11.5 Å². The van der Waals surface area contributed by atoms with E-state index in [-0.39, 0.29) is 5.38 Å². The number of hydrogen-bond acceptors (Lipinski definition) is 2. The number of hydrogen-bond donors (Lipinski definition) is 1. The summed E-state index contributed by atoms with van der Waals surface area (Å²) in [4.78, 5) is 0. The van der Waals surface area contributed by atoms with Gasteiger partial charge in [-0.05, 0) is 18.8 Å². The van der Waals surface area contributed by atoms with Gasteiger partial charge in [-0.25, -0.2) is 0 Å². The molecule has 0 heterocycles. The molecule has 0 aromatic heterocycles. The van der Waals surface area contributed by atoms with Gasteiger partial charge in [-0.1, -0.05) is 20.8 Å². The van der Waals surface area contributed by atoms with Crippen molar-refractivity contribution in [1.29, 1.82) is 0 Å². The summed E-state index contributed by atoms with van der Waals surface area (Å²) in [5.74, 6) is 0. The molecular weight excluding hydrogens is 198 g/mol. The molecule has 2 unspecified atom stereocenters. The van der Waals surface area contributed by atoms with Crippen molar-refractivity contribution in [3.05, 3.63) is 0 Å². The van der Waals surface area contributed by atoms with Crippen LogP contribution >= 0.6 is 11.6 Å². The molecule has 0 spiro atoms. The van der Waals surface area contributed by atoms with Crippen LogP contribution in [0.5, 0.6) is 0 Å². The average molecular weight is 222 g/mol. The molecule has 0 bridgehead atoms. The largest absolute Gasteiger partial charge is 0.383 e. The van der Waals surface area contributed by atoms with Gasteiger partial charge in [-0.2, -0.15) is 0 Å². The predicted molar refractivity (Wildman–Crippen MR) is 63.1 cm³/mol. The Labute approximate surface area is 93.4 Å². The fourth-order valence-corrected chi connectivity index (χ4v) is 1.93. The Morgan fingerprint density at radius 1 is 1.36 bits per heavy atom. The van der Waals surface area contributed by atoms with Crippen LogP contribution in [-0.4, -0.2) is 31.7 Å². The van der Waals surface area contributed by atoms with Gasteiger partial charge >= 0.3 is 0 Å². The predicted octanol–water partition coefficient (Wildman–Crippen LogP) is 2.65. The van der Waals surface area contributed by atoms with Gasteiger partial charge in [0.05, 0.1) is 6.61 Å². The van der Waals surface area contributed by atoms with Crippen molar-refractivity contribution in [2.45, 2.75) is 45.5 Å². The lowest BCUT2D eigenvalue weighted by atomic mass is 9.90. The van der Waals surface area contributed by atoms with E-state index in [9.17, 15) is 0 Å². The summed E-state index contributed by atoms with van der Waals surface area (Å²) < 4.78 is 5.03. The summed E-state index contributed by atoms with van der Waals surface area (Å²) in [6, 6.07) is 0.376. The van der Waals surface area contributed by atoms with Crippen molar-refractivity contribution in [1.82, 2.24) is 5.32 Å². The highest BCUT2D eigenvalue weighted by molar-refractivity contribution is 6.20. The lowest BCUT2D eigenvalue weighted by Gasteiger charge is -2.23. The molecule has 0 saturated heterocycles. The summed E-state index contributed by atoms with van der Waals surface area (Å²) in [5.41, 5.74) is 0.304. The van der Waals surface area contributed by atoms with Crippen molar-refractivity contribution in [3.8, 4) is 0 Å². The minimum absolute atomic E-state index is 0.203. The minimum atomic E-state index is 0.203. The number of nitrogens with one attached hydrogen (secondary N) is 1. The molecule has 0 aromatic carbocycles. The van der Waals surface area contributed by atoms with Crippen LogP contribution in [0.1, 0.15) is 34.1 Å². The Hall–Kier alpha value is 0.210. The van der Waals surface area contributed by atoms with Gasteiger partial charge in [-0.15, -0.1) is 11.6 Å². The van der Waals surface area contributed by atoms with Crippen LogP contribution in [-0.2, 0) is 4.74 Å². The van der Waals surface area contributed by atoms with Crippen LogP contribution in [0.3, 0.4) is 0 Å². The fraction of sp³-hybridized carbons (Fsp3) is 1.00. The van der Waals surface area contributed by atoms with E-state index in [1.165, 1.54) is 0 Å². The Balaban J connectivity index is 3.58. The molecule has 0 aliphatic carbocycles. The first-order chi connectivity index (χ1) is 6.35. The number of rotatable bonds is 6. The molecule has 0 saturated carbocycles. The molecule has 0 rings (SSSR count). The molecule has 0 aliphatic rings. The van der Waals surface area contributed by atoms with E-state index in [2.05, 4.69) is 33.0 Å². The second-order valence-electron chi connectivity index (χ2n) is 5.13. The Morgan fingerprint density at radius 2 is 1.93 bits per heavy atom. The number of alkyl halides is 1. The summed E-state index contributed by atoms with van der Waals surface area (Å²) in [5, 5.41) is 3.55. The first-order valence-corrected chi connectivity index (χ1v) is 5.65. The molecular formula is C11H24ClNO. The van der Waals surface area contributed by atoms with Crippen LogP contribution in [0.4, 0.5) is 0 Å². The zero-order chi connectivity index (χ0) is 11.2. The maximum absolute atomic E-state index is 6.21. The van der Waals surface area contributed by atoms with Gasteiger partial charge in [0.1, 0.15) is 0 Å². The maximum atomic E-state index is 6.21. The third-order valence-electron chi connectivity index (χ3n) is 1.94. The van der Waals surface area contributed by atoms with E-state index in [0.717, 1.165) is 19.6 Å². The third kappa shape index (κ3) is 8.79. The SMILES string of the molecule is COCC(C)NCC(Cl)CC(C)(C)C. The molecule has 14 heavy (non-hydrogen) atoms. The Kier molecular flexibility index (Phi) is 6.75. The molecule has 0 radical (unpaired) electrons. The highest BCUT2D eigenvalue weighted by atomic mass is 35.5. The smallest absolute Gasteiger partial charge is 0.0613 e. The normalized spacial score (nSPS) is 16.7. The molecule has 0 aliphatic heterocycles. The van der Waals surface area contributed by atoms with Crippen molar-refractivity contribution < 1.29 is 4.74 Å². The summed E-state index contributed by atoms with van der Waals surface area (Å²) in [6.45, 7) is 10.3. The zero-order valence-corrected chi connectivity index (χ0v) is 10.8. The van der Waals surface area contributed by atoms with Crippen molar-refractivity contribution >= 4 is 11.6 Å². The van der Waals surface area contributed by atoms with Gasteiger partial charge in [0, 0.05) is 25.1 Å². The van der Waals surface area contributed by atoms with Crippen molar-refractivity contribution in [2.24, 2.45) is 5.41 Å². The fourth-order valence-electron chi connectivity index (χ4n) is 1.37. The number of halogens is 1.